The molecule has 86 valence electrons. The first-order valence-corrected chi connectivity index (χ1v) is 4.87. The number of amides is 1. The Hall–Kier alpha value is -1.88. The molecule has 0 bridgehead atoms. The van der Waals surface area contributed by atoms with Crippen LogP contribution in [0, 0.1) is 0 Å². The number of benzene rings is 1. The Labute approximate surface area is 92.7 Å². The number of carbonyl (C=O) groups excluding carboxylic acids is 1. The van der Waals surface area contributed by atoms with Crippen molar-refractivity contribution in [2.45, 2.75) is 12.8 Å². The number of aliphatic hydroxyl groups is 1. The highest BCUT2D eigenvalue weighted by atomic mass is 16.4. The van der Waals surface area contributed by atoms with E-state index in [1.165, 1.54) is 24.3 Å². The molecular formula is C11H13NO4. The van der Waals surface area contributed by atoms with E-state index in [1.54, 1.807) is 0 Å². The van der Waals surface area contributed by atoms with Crippen molar-refractivity contribution in [3.63, 3.8) is 0 Å². The SMILES string of the molecule is O=C(CCCO)Nc1ccc(C(=O)O)cc1. The highest BCUT2D eigenvalue weighted by Crippen LogP contribution is 2.10. The van der Waals surface area contributed by atoms with E-state index in [4.69, 9.17) is 10.2 Å². The second-order valence-electron chi connectivity index (χ2n) is 3.26. The van der Waals surface area contributed by atoms with Gasteiger partial charge in [-0.2, -0.15) is 0 Å². The Bertz CT molecular complexity index is 372. The zero-order valence-corrected chi connectivity index (χ0v) is 8.64. The van der Waals surface area contributed by atoms with Gasteiger partial charge in [0.05, 0.1) is 5.56 Å². The number of hydrogen-bond donors (Lipinski definition) is 3. The summed E-state index contributed by atoms with van der Waals surface area (Å²) in [7, 11) is 0. The second-order valence-corrected chi connectivity index (χ2v) is 3.26. The molecule has 0 aliphatic carbocycles. The number of aromatic carboxylic acids is 1. The molecule has 5 nitrogen and oxygen atoms in total. The summed E-state index contributed by atoms with van der Waals surface area (Å²) in [5, 5.41) is 19.8. The quantitative estimate of drug-likeness (QED) is 0.697. The number of aliphatic hydroxyl groups excluding tert-OH is 1. The van der Waals surface area contributed by atoms with Gasteiger partial charge in [-0.3, -0.25) is 4.79 Å². The highest BCUT2D eigenvalue weighted by molar-refractivity contribution is 5.92. The summed E-state index contributed by atoms with van der Waals surface area (Å²) in [6.07, 6.45) is 0.663. The van der Waals surface area contributed by atoms with E-state index >= 15 is 0 Å². The van der Waals surface area contributed by atoms with Gasteiger partial charge in [0.15, 0.2) is 0 Å². The number of nitrogens with one attached hydrogen (secondary N) is 1. The van der Waals surface area contributed by atoms with Crippen molar-refractivity contribution in [3.05, 3.63) is 29.8 Å². The van der Waals surface area contributed by atoms with E-state index in [2.05, 4.69) is 5.32 Å². The average Bonchev–Trinajstić information content (AvgIpc) is 2.27. The first kappa shape index (κ1) is 12.2. The number of rotatable bonds is 5. The molecule has 0 saturated carbocycles. The molecule has 0 unspecified atom stereocenters. The van der Waals surface area contributed by atoms with Crippen LogP contribution in [-0.2, 0) is 4.79 Å². The minimum atomic E-state index is -1.00. The van der Waals surface area contributed by atoms with E-state index in [0.29, 0.717) is 12.1 Å². The number of hydrogen-bond acceptors (Lipinski definition) is 3. The highest BCUT2D eigenvalue weighted by Gasteiger charge is 2.04. The summed E-state index contributed by atoms with van der Waals surface area (Å²) < 4.78 is 0. The normalized spacial score (nSPS) is 9.81. The van der Waals surface area contributed by atoms with Gasteiger partial charge in [0, 0.05) is 18.7 Å². The van der Waals surface area contributed by atoms with Crippen molar-refractivity contribution in [2.75, 3.05) is 11.9 Å². The molecule has 0 aliphatic rings. The first-order valence-electron chi connectivity index (χ1n) is 4.87. The largest absolute Gasteiger partial charge is 0.478 e. The first-order chi connectivity index (χ1) is 7.63. The van der Waals surface area contributed by atoms with Crippen molar-refractivity contribution in [1.82, 2.24) is 0 Å². The molecule has 0 spiro atoms. The van der Waals surface area contributed by atoms with Gasteiger partial charge < -0.3 is 15.5 Å². The maximum atomic E-state index is 11.3. The molecule has 0 aliphatic heterocycles. The van der Waals surface area contributed by atoms with E-state index < -0.39 is 5.97 Å². The van der Waals surface area contributed by atoms with Gasteiger partial charge in [-0.15, -0.1) is 0 Å². The topological polar surface area (TPSA) is 86.6 Å². The van der Waals surface area contributed by atoms with Gasteiger partial charge in [-0.25, -0.2) is 4.79 Å². The minimum absolute atomic E-state index is 0.0224. The van der Waals surface area contributed by atoms with Gasteiger partial charge in [0.1, 0.15) is 0 Å². The third-order valence-electron chi connectivity index (χ3n) is 1.98. The fourth-order valence-electron chi connectivity index (χ4n) is 1.16. The van der Waals surface area contributed by atoms with Crippen molar-refractivity contribution < 1.29 is 19.8 Å². The van der Waals surface area contributed by atoms with Gasteiger partial charge in [0.25, 0.3) is 0 Å². The predicted octanol–water partition coefficient (Wildman–Crippen LogP) is 1.10. The number of anilines is 1. The number of carboxylic acids is 1. The standard InChI is InChI=1S/C11H13NO4/c13-7-1-2-10(14)12-9-5-3-8(4-6-9)11(15)16/h3-6,13H,1-2,7H2,(H,12,14)(H,15,16). The molecule has 16 heavy (non-hydrogen) atoms. The van der Waals surface area contributed by atoms with E-state index in [-0.39, 0.29) is 24.5 Å². The lowest BCUT2D eigenvalue weighted by Gasteiger charge is -2.04. The van der Waals surface area contributed by atoms with Crippen LogP contribution < -0.4 is 5.32 Å². The molecule has 1 amide bonds. The van der Waals surface area contributed by atoms with Crippen molar-refractivity contribution in [3.8, 4) is 0 Å². The molecule has 1 aromatic carbocycles. The summed E-state index contributed by atoms with van der Waals surface area (Å²) >= 11 is 0. The van der Waals surface area contributed by atoms with Crippen molar-refractivity contribution >= 4 is 17.6 Å². The van der Waals surface area contributed by atoms with Crippen LogP contribution in [-0.4, -0.2) is 28.7 Å². The molecule has 5 heteroatoms. The smallest absolute Gasteiger partial charge is 0.335 e. The van der Waals surface area contributed by atoms with Crippen LogP contribution in [0.15, 0.2) is 24.3 Å². The van der Waals surface area contributed by atoms with Crippen LogP contribution in [0.5, 0.6) is 0 Å². The van der Waals surface area contributed by atoms with Crippen LogP contribution in [0.25, 0.3) is 0 Å². The monoisotopic (exact) mass is 223 g/mol. The lowest BCUT2D eigenvalue weighted by molar-refractivity contribution is -0.116. The van der Waals surface area contributed by atoms with Crippen LogP contribution in [0.2, 0.25) is 0 Å². The van der Waals surface area contributed by atoms with Crippen molar-refractivity contribution in [1.29, 1.82) is 0 Å². The maximum absolute atomic E-state index is 11.3. The van der Waals surface area contributed by atoms with Crippen molar-refractivity contribution in [2.24, 2.45) is 0 Å². The molecule has 0 radical (unpaired) electrons. The fourth-order valence-corrected chi connectivity index (χ4v) is 1.16. The Morgan fingerprint density at radius 1 is 1.19 bits per heavy atom. The zero-order valence-electron chi connectivity index (χ0n) is 8.64. The molecule has 1 aromatic rings. The Morgan fingerprint density at radius 2 is 1.81 bits per heavy atom. The molecule has 0 atom stereocenters. The van der Waals surface area contributed by atoms with Crippen LogP contribution in [0.1, 0.15) is 23.2 Å². The summed E-state index contributed by atoms with van der Waals surface area (Å²) in [5.74, 6) is -1.20. The summed E-state index contributed by atoms with van der Waals surface area (Å²) in [5.41, 5.74) is 0.723. The van der Waals surface area contributed by atoms with Gasteiger partial charge in [0.2, 0.25) is 5.91 Å². The van der Waals surface area contributed by atoms with Gasteiger partial charge in [-0.1, -0.05) is 0 Å². The molecule has 1 rings (SSSR count). The van der Waals surface area contributed by atoms with Crippen LogP contribution in [0.3, 0.4) is 0 Å². The summed E-state index contributed by atoms with van der Waals surface area (Å²) in [6, 6.07) is 5.90. The average molecular weight is 223 g/mol. The predicted molar refractivity (Wildman–Crippen MR) is 58.4 cm³/mol. The minimum Gasteiger partial charge on any atom is -0.478 e. The Morgan fingerprint density at radius 3 is 2.31 bits per heavy atom. The second kappa shape index (κ2) is 5.87. The number of carbonyl (C=O) groups is 2. The lowest BCUT2D eigenvalue weighted by Crippen LogP contribution is -2.11. The van der Waals surface area contributed by atoms with Gasteiger partial charge >= 0.3 is 5.97 Å². The molecule has 0 saturated heterocycles. The number of carboxylic acid groups (broad SMARTS) is 1. The Balaban J connectivity index is 2.55. The van der Waals surface area contributed by atoms with E-state index in [0.717, 1.165) is 0 Å². The van der Waals surface area contributed by atoms with Crippen LogP contribution in [0.4, 0.5) is 5.69 Å². The van der Waals surface area contributed by atoms with Crippen LogP contribution >= 0.6 is 0 Å². The Kier molecular flexibility index (Phi) is 4.47. The molecular weight excluding hydrogens is 210 g/mol. The molecule has 0 aromatic heterocycles. The lowest BCUT2D eigenvalue weighted by atomic mass is 10.2. The molecule has 0 fully saturated rings. The van der Waals surface area contributed by atoms with E-state index in [1.807, 2.05) is 0 Å². The summed E-state index contributed by atoms with van der Waals surface area (Å²) in [6.45, 7) is -0.0224. The zero-order chi connectivity index (χ0) is 12.0. The third kappa shape index (κ3) is 3.70. The third-order valence-corrected chi connectivity index (χ3v) is 1.98. The van der Waals surface area contributed by atoms with Gasteiger partial charge in [-0.05, 0) is 30.7 Å². The van der Waals surface area contributed by atoms with E-state index in [9.17, 15) is 9.59 Å². The summed E-state index contributed by atoms with van der Waals surface area (Å²) in [4.78, 5) is 21.8. The molecule has 3 N–H and O–H groups in total. The maximum Gasteiger partial charge on any atom is 0.335 e. The molecule has 0 heterocycles. The fraction of sp³-hybridized carbons (Fsp3) is 0.273.